The Balaban J connectivity index is 0.00000220. The van der Waals surface area contributed by atoms with Gasteiger partial charge in [0.05, 0.1) is 12.6 Å². The lowest BCUT2D eigenvalue weighted by Gasteiger charge is -2.23. The molecule has 1 saturated heterocycles. The van der Waals surface area contributed by atoms with Crippen molar-refractivity contribution in [2.24, 2.45) is 5.73 Å². The quantitative estimate of drug-likeness (QED) is 0.830. The average molecular weight is 377 g/mol. The van der Waals surface area contributed by atoms with Crippen LogP contribution in [-0.2, 0) is 4.79 Å². The van der Waals surface area contributed by atoms with E-state index in [9.17, 15) is 4.79 Å². The van der Waals surface area contributed by atoms with E-state index in [0.29, 0.717) is 19.1 Å². The number of carbonyl (C=O) groups excluding carboxylic acids is 1. The third-order valence-electron chi connectivity index (χ3n) is 3.87. The number of hydrogen-bond acceptors (Lipinski definition) is 3. The molecule has 0 spiro atoms. The van der Waals surface area contributed by atoms with Crippen molar-refractivity contribution in [2.75, 3.05) is 19.6 Å². The van der Waals surface area contributed by atoms with Crippen molar-refractivity contribution in [3.8, 4) is 0 Å². The lowest BCUT2D eigenvalue weighted by atomic mass is 10.1. The third kappa shape index (κ3) is 5.25. The zero-order valence-corrected chi connectivity index (χ0v) is 14.6. The van der Waals surface area contributed by atoms with E-state index < -0.39 is 0 Å². The number of nitrogens with one attached hydrogen (secondary N) is 1. The molecule has 0 saturated carbocycles. The lowest BCUT2D eigenvalue weighted by molar-refractivity contribution is -0.123. The van der Waals surface area contributed by atoms with E-state index in [1.54, 1.807) is 0 Å². The van der Waals surface area contributed by atoms with Gasteiger partial charge in [-0.1, -0.05) is 28.1 Å². The molecule has 2 unspecified atom stereocenters. The fourth-order valence-electron chi connectivity index (χ4n) is 2.68. The van der Waals surface area contributed by atoms with Crippen molar-refractivity contribution >= 4 is 34.2 Å². The van der Waals surface area contributed by atoms with E-state index in [0.717, 1.165) is 29.4 Å². The third-order valence-corrected chi connectivity index (χ3v) is 4.39. The molecule has 1 aliphatic rings. The molecule has 2 rings (SSSR count). The van der Waals surface area contributed by atoms with Gasteiger partial charge in [-0.3, -0.25) is 9.69 Å². The molecule has 4 nitrogen and oxygen atoms in total. The Hall–Kier alpha value is -0.620. The number of rotatable bonds is 5. The minimum absolute atomic E-state index is 0. The summed E-state index contributed by atoms with van der Waals surface area (Å²) in [6.07, 6.45) is 2.24. The number of nitrogens with two attached hydrogens (primary N) is 1. The van der Waals surface area contributed by atoms with Gasteiger partial charge in [-0.05, 0) is 44.0 Å². The molecule has 118 valence electrons. The summed E-state index contributed by atoms with van der Waals surface area (Å²) in [6.45, 7) is 4.06. The van der Waals surface area contributed by atoms with E-state index in [1.807, 2.05) is 31.2 Å². The Kier molecular flexibility index (Phi) is 7.66. The van der Waals surface area contributed by atoms with E-state index in [4.69, 9.17) is 5.73 Å². The van der Waals surface area contributed by atoms with Crippen LogP contribution in [0.3, 0.4) is 0 Å². The first kappa shape index (κ1) is 18.4. The van der Waals surface area contributed by atoms with Crippen LogP contribution in [0.1, 0.15) is 31.4 Å². The second-order valence-electron chi connectivity index (χ2n) is 5.34. The van der Waals surface area contributed by atoms with Gasteiger partial charge in [0.15, 0.2) is 0 Å². The summed E-state index contributed by atoms with van der Waals surface area (Å²) in [5.41, 5.74) is 6.84. The Morgan fingerprint density at radius 3 is 2.76 bits per heavy atom. The molecule has 0 bridgehead atoms. The average Bonchev–Trinajstić information content (AvgIpc) is 2.86. The molecule has 6 heteroatoms. The number of nitrogens with zero attached hydrogens (tertiary/aromatic N) is 1. The number of likely N-dealkylation sites (tertiary alicyclic amines) is 1. The Morgan fingerprint density at radius 1 is 1.48 bits per heavy atom. The van der Waals surface area contributed by atoms with Crippen molar-refractivity contribution < 1.29 is 4.79 Å². The van der Waals surface area contributed by atoms with Crippen LogP contribution in [-0.4, -0.2) is 36.5 Å². The number of benzene rings is 1. The largest absolute Gasteiger partial charge is 0.348 e. The molecule has 21 heavy (non-hydrogen) atoms. The van der Waals surface area contributed by atoms with E-state index in [1.165, 1.54) is 0 Å². The molecule has 1 heterocycles. The summed E-state index contributed by atoms with van der Waals surface area (Å²) in [7, 11) is 0. The topological polar surface area (TPSA) is 58.4 Å². The second kappa shape index (κ2) is 8.73. The summed E-state index contributed by atoms with van der Waals surface area (Å²) in [6, 6.07) is 8.41. The van der Waals surface area contributed by atoms with Gasteiger partial charge >= 0.3 is 0 Å². The predicted molar refractivity (Wildman–Crippen MR) is 91.6 cm³/mol. The van der Waals surface area contributed by atoms with Gasteiger partial charge in [0, 0.05) is 17.1 Å². The van der Waals surface area contributed by atoms with Crippen molar-refractivity contribution in [1.82, 2.24) is 10.2 Å². The molecule has 1 fully saturated rings. The molecule has 0 aliphatic carbocycles. The fraction of sp³-hybridized carbons (Fsp3) is 0.533. The maximum atomic E-state index is 12.1. The first-order valence-corrected chi connectivity index (χ1v) is 7.88. The maximum Gasteiger partial charge on any atom is 0.234 e. The van der Waals surface area contributed by atoms with Gasteiger partial charge in [-0.15, -0.1) is 12.4 Å². The molecule has 1 aromatic rings. The highest BCUT2D eigenvalue weighted by atomic mass is 79.9. The number of hydrogen-bond donors (Lipinski definition) is 2. The minimum atomic E-state index is 0. The highest BCUT2D eigenvalue weighted by molar-refractivity contribution is 9.10. The van der Waals surface area contributed by atoms with Gasteiger partial charge < -0.3 is 11.1 Å². The van der Waals surface area contributed by atoms with Gasteiger partial charge in [0.2, 0.25) is 5.91 Å². The summed E-state index contributed by atoms with van der Waals surface area (Å²) < 4.78 is 1.04. The van der Waals surface area contributed by atoms with Crippen LogP contribution >= 0.6 is 28.3 Å². The lowest BCUT2D eigenvalue weighted by Crippen LogP contribution is -2.43. The van der Waals surface area contributed by atoms with Crippen molar-refractivity contribution in [2.45, 2.75) is 31.8 Å². The van der Waals surface area contributed by atoms with Crippen molar-refractivity contribution in [3.05, 3.63) is 34.3 Å². The molecule has 1 aliphatic heterocycles. The number of amides is 1. The summed E-state index contributed by atoms with van der Waals surface area (Å²) >= 11 is 3.41. The SMILES string of the molecule is CC(NC(=O)CN1CCCC1CN)c1ccc(Br)cc1.Cl. The molecule has 1 aromatic carbocycles. The fourth-order valence-corrected chi connectivity index (χ4v) is 2.94. The van der Waals surface area contributed by atoms with Gasteiger partial charge in [-0.25, -0.2) is 0 Å². The Labute approximate surface area is 141 Å². The minimum Gasteiger partial charge on any atom is -0.348 e. The maximum absolute atomic E-state index is 12.1. The van der Waals surface area contributed by atoms with Crippen LogP contribution in [0, 0.1) is 0 Å². The Bertz CT molecular complexity index is 455. The van der Waals surface area contributed by atoms with E-state index >= 15 is 0 Å². The van der Waals surface area contributed by atoms with Crippen molar-refractivity contribution in [1.29, 1.82) is 0 Å². The molecular weight excluding hydrogens is 354 g/mol. The van der Waals surface area contributed by atoms with Gasteiger partial charge in [0.1, 0.15) is 0 Å². The predicted octanol–water partition coefficient (Wildman–Crippen LogP) is 2.47. The van der Waals surface area contributed by atoms with Crippen LogP contribution in [0.25, 0.3) is 0 Å². The molecular formula is C15H23BrClN3O. The smallest absolute Gasteiger partial charge is 0.234 e. The Morgan fingerprint density at radius 2 is 2.14 bits per heavy atom. The normalized spacial score (nSPS) is 19.9. The summed E-state index contributed by atoms with van der Waals surface area (Å²) in [5.74, 6) is 0.0702. The van der Waals surface area contributed by atoms with Crippen LogP contribution in [0.4, 0.5) is 0 Å². The van der Waals surface area contributed by atoms with Crippen LogP contribution in [0.15, 0.2) is 28.7 Å². The standard InChI is InChI=1S/C15H22BrN3O.ClH/c1-11(12-4-6-13(16)7-5-12)18-15(20)10-19-8-2-3-14(19)9-17;/h4-7,11,14H,2-3,8-10,17H2,1H3,(H,18,20);1H. The second-order valence-corrected chi connectivity index (χ2v) is 6.26. The zero-order chi connectivity index (χ0) is 14.5. The van der Waals surface area contributed by atoms with Gasteiger partial charge in [0.25, 0.3) is 0 Å². The number of carbonyl (C=O) groups is 1. The first-order valence-electron chi connectivity index (χ1n) is 7.09. The molecule has 1 amide bonds. The van der Waals surface area contributed by atoms with Gasteiger partial charge in [-0.2, -0.15) is 0 Å². The summed E-state index contributed by atoms with van der Waals surface area (Å²) in [5, 5.41) is 3.05. The summed E-state index contributed by atoms with van der Waals surface area (Å²) in [4.78, 5) is 14.3. The molecule has 0 aromatic heterocycles. The van der Waals surface area contributed by atoms with Crippen LogP contribution in [0.2, 0.25) is 0 Å². The van der Waals surface area contributed by atoms with Crippen LogP contribution < -0.4 is 11.1 Å². The van der Waals surface area contributed by atoms with E-state index in [2.05, 4.69) is 26.1 Å². The van der Waals surface area contributed by atoms with Crippen molar-refractivity contribution in [3.63, 3.8) is 0 Å². The first-order chi connectivity index (χ1) is 9.60. The molecule has 3 N–H and O–H groups in total. The highest BCUT2D eigenvalue weighted by Gasteiger charge is 2.25. The van der Waals surface area contributed by atoms with E-state index in [-0.39, 0.29) is 24.4 Å². The monoisotopic (exact) mass is 375 g/mol. The van der Waals surface area contributed by atoms with Crippen LogP contribution in [0.5, 0.6) is 0 Å². The molecule has 0 radical (unpaired) electrons. The molecule has 2 atom stereocenters. The zero-order valence-electron chi connectivity index (χ0n) is 12.2. The number of halogens is 2. The highest BCUT2D eigenvalue weighted by Crippen LogP contribution is 2.18.